The summed E-state index contributed by atoms with van der Waals surface area (Å²) in [6, 6.07) is 4.80. The van der Waals surface area contributed by atoms with Gasteiger partial charge in [0.1, 0.15) is 17.6 Å². The lowest BCUT2D eigenvalue weighted by Gasteiger charge is -2.41. The average Bonchev–Trinajstić information content (AvgIpc) is 3.65. The molecule has 0 aliphatic carbocycles. The van der Waals surface area contributed by atoms with Gasteiger partial charge in [-0.2, -0.15) is 4.31 Å². The molecule has 1 aromatic carbocycles. The van der Waals surface area contributed by atoms with Gasteiger partial charge < -0.3 is 14.6 Å². The smallest absolute Gasteiger partial charge is 0.335 e. The molecule has 2 atom stereocenters. The van der Waals surface area contributed by atoms with E-state index in [4.69, 9.17) is 16.3 Å². The van der Waals surface area contributed by atoms with Crippen LogP contribution in [0.4, 0.5) is 0 Å². The predicted octanol–water partition coefficient (Wildman–Crippen LogP) is 3.48. The van der Waals surface area contributed by atoms with Gasteiger partial charge in [-0.3, -0.25) is 4.57 Å². The van der Waals surface area contributed by atoms with E-state index in [9.17, 15) is 13.2 Å². The van der Waals surface area contributed by atoms with Crippen molar-refractivity contribution < 1.29 is 13.2 Å². The average molecular weight is 572 g/mol. The van der Waals surface area contributed by atoms with Crippen molar-refractivity contribution in [2.75, 3.05) is 19.7 Å². The number of rotatable bonds is 7. The number of nitrogens with one attached hydrogen (secondary N) is 1. The van der Waals surface area contributed by atoms with Crippen LogP contribution < -0.4 is 10.4 Å². The minimum absolute atomic E-state index is 0.141. The fourth-order valence-corrected chi connectivity index (χ4v) is 7.70. The molecule has 0 amide bonds. The summed E-state index contributed by atoms with van der Waals surface area (Å²) in [5, 5.41) is 8.34. The molecule has 1 N–H and O–H groups in total. The van der Waals surface area contributed by atoms with E-state index in [0.29, 0.717) is 66.3 Å². The van der Waals surface area contributed by atoms with Gasteiger partial charge in [0.05, 0.1) is 27.7 Å². The first kappa shape index (κ1) is 25.9. The van der Waals surface area contributed by atoms with Crippen molar-refractivity contribution in [1.29, 1.82) is 0 Å². The Balaban J connectivity index is 1.52. The summed E-state index contributed by atoms with van der Waals surface area (Å²) in [5.74, 6) is 0.477. The number of ether oxygens (including phenoxy) is 1. The van der Waals surface area contributed by atoms with Gasteiger partial charge in [0.2, 0.25) is 10.0 Å². The molecule has 0 bridgehead atoms. The number of aryl methyl sites for hydroxylation is 1. The minimum atomic E-state index is -3.82. The van der Waals surface area contributed by atoms with Gasteiger partial charge in [0, 0.05) is 37.3 Å². The number of nitrogens with zero attached hydrogens (tertiary/aromatic N) is 6. The molecule has 4 aromatic rings. The summed E-state index contributed by atoms with van der Waals surface area (Å²) in [7, 11) is -3.82. The molecule has 0 radical (unpaired) electrons. The fraction of sp³-hybridized carbons (Fsp3) is 0.423. The Morgan fingerprint density at radius 1 is 1.23 bits per heavy atom. The van der Waals surface area contributed by atoms with Crippen LogP contribution in [0.25, 0.3) is 27.9 Å². The minimum Gasteiger partial charge on any atom is -0.493 e. The first-order chi connectivity index (χ1) is 18.8. The van der Waals surface area contributed by atoms with E-state index in [1.54, 1.807) is 27.1 Å². The highest BCUT2D eigenvalue weighted by Crippen LogP contribution is 2.41. The maximum atomic E-state index is 14.0. The van der Waals surface area contributed by atoms with Crippen LogP contribution in [0.3, 0.4) is 0 Å². The Hall–Kier alpha value is -3.35. The largest absolute Gasteiger partial charge is 0.493 e. The van der Waals surface area contributed by atoms with Crippen molar-refractivity contribution in [2.24, 2.45) is 0 Å². The molecule has 1 saturated heterocycles. The lowest BCUT2D eigenvalue weighted by molar-refractivity contribution is 0.139. The van der Waals surface area contributed by atoms with E-state index in [-0.39, 0.29) is 27.7 Å². The Kier molecular flexibility index (Phi) is 6.43. The maximum absolute atomic E-state index is 14.0. The van der Waals surface area contributed by atoms with E-state index in [1.807, 2.05) is 20.8 Å². The highest BCUT2D eigenvalue weighted by atomic mass is 35.5. The van der Waals surface area contributed by atoms with Crippen LogP contribution in [0.15, 0.2) is 46.5 Å². The summed E-state index contributed by atoms with van der Waals surface area (Å²) >= 11 is 6.97. The SMILES string of the molecule is CCCn1c(=O)n2cnnc2c2[nH]c(-c3cc(S(=O)(=O)N4C[C@@H]5CC=CN5C[C@H]4C)ccc3OCC)c(Cl)c21. The van der Waals surface area contributed by atoms with Gasteiger partial charge in [-0.25, -0.2) is 17.6 Å². The Bertz CT molecular complexity index is 1770. The lowest BCUT2D eigenvalue weighted by atomic mass is 10.1. The Labute approximate surface area is 230 Å². The molecule has 13 heteroatoms. The number of aromatic amines is 1. The Morgan fingerprint density at radius 3 is 2.82 bits per heavy atom. The van der Waals surface area contributed by atoms with Gasteiger partial charge in [-0.05, 0) is 51.1 Å². The highest BCUT2D eigenvalue weighted by molar-refractivity contribution is 7.89. The van der Waals surface area contributed by atoms with Crippen LogP contribution >= 0.6 is 11.6 Å². The van der Waals surface area contributed by atoms with E-state index in [2.05, 4.69) is 32.4 Å². The zero-order chi connectivity index (χ0) is 27.5. The standard InChI is InChI=1S/C26H30ClN7O4S/c1-4-10-32-24-21(27)22(29-23(24)25-30-28-15-33(25)26(32)35)19-12-18(8-9-20(19)38-5-2)39(36,37)34-14-17-7-6-11-31(17)13-16(34)3/h6,8-9,11-12,15-17,29H,4-5,7,10,13-14H2,1-3H3/t16-,17+/m1/s1. The third kappa shape index (κ3) is 4.04. The molecule has 6 rings (SSSR count). The van der Waals surface area contributed by atoms with Crippen molar-refractivity contribution in [3.8, 4) is 17.0 Å². The second-order valence-corrected chi connectivity index (χ2v) is 12.3. The monoisotopic (exact) mass is 571 g/mol. The molecule has 2 aliphatic rings. The normalized spacial score (nSPS) is 19.8. The number of benzene rings is 1. The number of piperazine rings is 1. The van der Waals surface area contributed by atoms with Gasteiger partial charge in [-0.1, -0.05) is 24.6 Å². The molecule has 11 nitrogen and oxygen atoms in total. The molecule has 2 aliphatic heterocycles. The third-order valence-electron chi connectivity index (χ3n) is 7.50. The second-order valence-electron chi connectivity index (χ2n) is 9.98. The first-order valence-electron chi connectivity index (χ1n) is 13.1. The van der Waals surface area contributed by atoms with Gasteiger partial charge in [-0.15, -0.1) is 10.2 Å². The number of H-pyrrole nitrogens is 1. The zero-order valence-corrected chi connectivity index (χ0v) is 23.5. The van der Waals surface area contributed by atoms with Crippen molar-refractivity contribution in [3.05, 3.63) is 52.3 Å². The molecule has 0 unspecified atom stereocenters. The van der Waals surface area contributed by atoms with Crippen LogP contribution in [-0.4, -0.2) is 73.6 Å². The van der Waals surface area contributed by atoms with Crippen LogP contribution in [0.5, 0.6) is 5.75 Å². The van der Waals surface area contributed by atoms with Crippen LogP contribution in [0, 0.1) is 0 Å². The third-order valence-corrected chi connectivity index (χ3v) is 9.84. The van der Waals surface area contributed by atoms with E-state index >= 15 is 0 Å². The summed E-state index contributed by atoms with van der Waals surface area (Å²) in [6.07, 6.45) is 7.05. The van der Waals surface area contributed by atoms with E-state index in [0.717, 1.165) is 6.42 Å². The molecule has 3 aromatic heterocycles. The second kappa shape index (κ2) is 9.68. The number of fused-ring (bicyclic) bond motifs is 4. The van der Waals surface area contributed by atoms with Crippen molar-refractivity contribution in [2.45, 2.75) is 57.1 Å². The summed E-state index contributed by atoms with van der Waals surface area (Å²) in [6.45, 7) is 7.63. The van der Waals surface area contributed by atoms with Gasteiger partial charge in [0.25, 0.3) is 0 Å². The molecule has 39 heavy (non-hydrogen) atoms. The van der Waals surface area contributed by atoms with Crippen molar-refractivity contribution >= 4 is 38.3 Å². The number of hydrogen-bond acceptors (Lipinski definition) is 7. The van der Waals surface area contributed by atoms with Gasteiger partial charge >= 0.3 is 5.69 Å². The predicted molar refractivity (Wildman–Crippen MR) is 149 cm³/mol. The van der Waals surface area contributed by atoms with Crippen molar-refractivity contribution in [3.63, 3.8) is 0 Å². The van der Waals surface area contributed by atoms with Crippen LogP contribution in [0.2, 0.25) is 5.02 Å². The lowest BCUT2D eigenvalue weighted by Crippen LogP contribution is -2.55. The summed E-state index contributed by atoms with van der Waals surface area (Å²) in [4.78, 5) is 18.9. The molecular weight excluding hydrogens is 542 g/mol. The van der Waals surface area contributed by atoms with E-state index < -0.39 is 10.0 Å². The topological polar surface area (TPSA) is 118 Å². The zero-order valence-electron chi connectivity index (χ0n) is 22.0. The number of aromatic nitrogens is 5. The quantitative estimate of drug-likeness (QED) is 0.361. The van der Waals surface area contributed by atoms with E-state index in [1.165, 1.54) is 10.7 Å². The van der Waals surface area contributed by atoms with Crippen LogP contribution in [0.1, 0.15) is 33.6 Å². The molecular formula is C26H30ClN7O4S. The van der Waals surface area contributed by atoms with Gasteiger partial charge in [0.15, 0.2) is 5.65 Å². The fourth-order valence-electron chi connectivity index (χ4n) is 5.67. The summed E-state index contributed by atoms with van der Waals surface area (Å²) < 4.78 is 38.4. The molecule has 1 fully saturated rings. The highest BCUT2D eigenvalue weighted by Gasteiger charge is 2.39. The number of hydrogen-bond donors (Lipinski definition) is 1. The number of halogens is 1. The molecule has 0 saturated carbocycles. The van der Waals surface area contributed by atoms with Crippen molar-refractivity contribution in [1.82, 2.24) is 33.4 Å². The number of sulfonamides is 1. The molecule has 5 heterocycles. The molecule has 0 spiro atoms. The Morgan fingerprint density at radius 2 is 2.05 bits per heavy atom. The molecule has 206 valence electrons. The first-order valence-corrected chi connectivity index (χ1v) is 14.9. The van der Waals surface area contributed by atoms with Crippen LogP contribution in [-0.2, 0) is 16.6 Å². The summed E-state index contributed by atoms with van der Waals surface area (Å²) in [5.41, 5.74) is 2.01. The maximum Gasteiger partial charge on any atom is 0.335 e.